The highest BCUT2D eigenvalue weighted by atomic mass is 79.9. The average molecular weight is 285 g/mol. The molecular formula is C10H9BrF4. The summed E-state index contributed by atoms with van der Waals surface area (Å²) >= 11 is 3.17. The summed E-state index contributed by atoms with van der Waals surface area (Å²) in [7, 11) is 0. The summed E-state index contributed by atoms with van der Waals surface area (Å²) in [5.41, 5.74) is -0.728. The highest BCUT2D eigenvalue weighted by Gasteiger charge is 2.34. The summed E-state index contributed by atoms with van der Waals surface area (Å²) in [5, 5.41) is 0.538. The minimum Gasteiger partial charge on any atom is -0.206 e. The zero-order valence-corrected chi connectivity index (χ0v) is 9.49. The molecule has 5 heteroatoms. The van der Waals surface area contributed by atoms with Crippen LogP contribution in [0.4, 0.5) is 17.6 Å². The zero-order valence-electron chi connectivity index (χ0n) is 7.91. The van der Waals surface area contributed by atoms with Crippen molar-refractivity contribution in [1.29, 1.82) is 0 Å². The first-order chi connectivity index (χ1) is 6.86. The first-order valence-corrected chi connectivity index (χ1v) is 5.41. The molecule has 0 amide bonds. The van der Waals surface area contributed by atoms with Gasteiger partial charge in [-0.15, -0.1) is 0 Å². The molecule has 84 valence electrons. The molecule has 1 atom stereocenters. The molecule has 0 aliphatic rings. The fourth-order valence-corrected chi connectivity index (χ4v) is 1.53. The van der Waals surface area contributed by atoms with Crippen molar-refractivity contribution < 1.29 is 17.6 Å². The van der Waals surface area contributed by atoms with E-state index in [0.29, 0.717) is 10.9 Å². The van der Waals surface area contributed by atoms with Gasteiger partial charge in [0.05, 0.1) is 5.56 Å². The normalized spacial score (nSPS) is 14.0. The van der Waals surface area contributed by atoms with Crippen molar-refractivity contribution in [2.45, 2.75) is 19.0 Å². The Bertz CT molecular complexity index is 346. The molecule has 1 rings (SSSR count). The Morgan fingerprint density at radius 3 is 2.40 bits per heavy atom. The predicted octanol–water partition coefficient (Wildman–Crippen LogP) is 4.34. The van der Waals surface area contributed by atoms with Crippen LogP contribution in [0.2, 0.25) is 0 Å². The lowest BCUT2D eigenvalue weighted by Crippen LogP contribution is -2.09. The monoisotopic (exact) mass is 284 g/mol. The van der Waals surface area contributed by atoms with Crippen LogP contribution in [-0.4, -0.2) is 5.33 Å². The van der Waals surface area contributed by atoms with Crippen LogP contribution in [0, 0.1) is 5.82 Å². The second kappa shape index (κ2) is 4.51. The molecule has 0 N–H and O–H groups in total. The van der Waals surface area contributed by atoms with E-state index in [2.05, 4.69) is 15.9 Å². The minimum absolute atomic E-state index is 0.0771. The highest BCUT2D eigenvalue weighted by Crippen LogP contribution is 2.33. The topological polar surface area (TPSA) is 0 Å². The molecule has 0 bridgehead atoms. The lowest BCUT2D eigenvalue weighted by atomic mass is 10.0. The van der Waals surface area contributed by atoms with E-state index in [1.165, 1.54) is 6.07 Å². The van der Waals surface area contributed by atoms with Crippen LogP contribution in [0.15, 0.2) is 18.2 Å². The van der Waals surface area contributed by atoms with Crippen LogP contribution in [0.3, 0.4) is 0 Å². The molecule has 0 aromatic heterocycles. The molecule has 0 saturated carbocycles. The Kier molecular flexibility index (Phi) is 3.76. The van der Waals surface area contributed by atoms with E-state index in [1.54, 1.807) is 6.92 Å². The molecule has 1 aromatic rings. The van der Waals surface area contributed by atoms with Crippen molar-refractivity contribution in [2.75, 3.05) is 5.33 Å². The number of halogens is 5. The van der Waals surface area contributed by atoms with Gasteiger partial charge in [-0.05, 0) is 23.6 Å². The largest absolute Gasteiger partial charge is 0.419 e. The van der Waals surface area contributed by atoms with Gasteiger partial charge in [-0.3, -0.25) is 0 Å². The first kappa shape index (κ1) is 12.5. The summed E-state index contributed by atoms with van der Waals surface area (Å²) < 4.78 is 49.9. The smallest absolute Gasteiger partial charge is 0.206 e. The lowest BCUT2D eigenvalue weighted by Gasteiger charge is -2.13. The molecule has 0 spiro atoms. The fourth-order valence-electron chi connectivity index (χ4n) is 1.16. The molecule has 1 aromatic carbocycles. The number of hydrogen-bond acceptors (Lipinski definition) is 0. The van der Waals surface area contributed by atoms with E-state index in [-0.39, 0.29) is 5.92 Å². The SMILES string of the molecule is CC(CBr)c1ccc(F)c(C(F)(F)F)c1. The second-order valence-corrected chi connectivity index (χ2v) is 3.94. The molecule has 15 heavy (non-hydrogen) atoms. The van der Waals surface area contributed by atoms with Gasteiger partial charge in [0.25, 0.3) is 0 Å². The molecule has 0 radical (unpaired) electrons. The van der Waals surface area contributed by atoms with Crippen molar-refractivity contribution in [3.63, 3.8) is 0 Å². The van der Waals surface area contributed by atoms with E-state index >= 15 is 0 Å². The van der Waals surface area contributed by atoms with Crippen LogP contribution < -0.4 is 0 Å². The van der Waals surface area contributed by atoms with Gasteiger partial charge in [-0.1, -0.05) is 28.9 Å². The van der Waals surface area contributed by atoms with Crippen LogP contribution in [0.5, 0.6) is 0 Å². The zero-order chi connectivity index (χ0) is 11.6. The van der Waals surface area contributed by atoms with Gasteiger partial charge < -0.3 is 0 Å². The predicted molar refractivity (Wildman–Crippen MR) is 53.6 cm³/mol. The third-order valence-corrected chi connectivity index (χ3v) is 3.07. The fraction of sp³-hybridized carbons (Fsp3) is 0.400. The van der Waals surface area contributed by atoms with Crippen molar-refractivity contribution in [1.82, 2.24) is 0 Å². The van der Waals surface area contributed by atoms with Gasteiger partial charge >= 0.3 is 6.18 Å². The molecule has 0 heterocycles. The van der Waals surface area contributed by atoms with Gasteiger partial charge in [0.2, 0.25) is 0 Å². The lowest BCUT2D eigenvalue weighted by molar-refractivity contribution is -0.140. The summed E-state index contributed by atoms with van der Waals surface area (Å²) in [6.45, 7) is 1.77. The molecule has 0 saturated heterocycles. The van der Waals surface area contributed by atoms with Crippen molar-refractivity contribution >= 4 is 15.9 Å². The molecular weight excluding hydrogens is 276 g/mol. The molecule has 0 fully saturated rings. The maximum atomic E-state index is 12.9. The van der Waals surface area contributed by atoms with Crippen molar-refractivity contribution in [3.8, 4) is 0 Å². The second-order valence-electron chi connectivity index (χ2n) is 3.29. The Hall–Kier alpha value is -0.580. The maximum absolute atomic E-state index is 12.9. The Labute approximate surface area is 93.4 Å². The first-order valence-electron chi connectivity index (χ1n) is 4.29. The number of alkyl halides is 4. The molecule has 0 aliphatic heterocycles. The molecule has 0 aliphatic carbocycles. The number of rotatable bonds is 2. The summed E-state index contributed by atoms with van der Waals surface area (Å²) in [6.07, 6.45) is -4.63. The molecule has 1 unspecified atom stereocenters. The van der Waals surface area contributed by atoms with Gasteiger partial charge in [0.15, 0.2) is 0 Å². The third kappa shape index (κ3) is 2.93. The van der Waals surface area contributed by atoms with E-state index in [1.807, 2.05) is 0 Å². The Morgan fingerprint density at radius 1 is 1.33 bits per heavy atom. The minimum atomic E-state index is -4.63. The Morgan fingerprint density at radius 2 is 1.93 bits per heavy atom. The van der Waals surface area contributed by atoms with Crippen molar-refractivity contribution in [3.05, 3.63) is 35.1 Å². The van der Waals surface area contributed by atoms with Crippen LogP contribution in [-0.2, 0) is 6.18 Å². The van der Waals surface area contributed by atoms with Gasteiger partial charge in [0, 0.05) is 5.33 Å². The van der Waals surface area contributed by atoms with Gasteiger partial charge in [-0.25, -0.2) is 4.39 Å². The van der Waals surface area contributed by atoms with Crippen LogP contribution in [0.25, 0.3) is 0 Å². The van der Waals surface area contributed by atoms with E-state index < -0.39 is 17.6 Å². The summed E-state index contributed by atoms with van der Waals surface area (Å²) in [4.78, 5) is 0. The van der Waals surface area contributed by atoms with Crippen LogP contribution >= 0.6 is 15.9 Å². The quantitative estimate of drug-likeness (QED) is 0.560. The van der Waals surface area contributed by atoms with Crippen molar-refractivity contribution in [2.24, 2.45) is 0 Å². The van der Waals surface area contributed by atoms with Gasteiger partial charge in [0.1, 0.15) is 5.82 Å². The Balaban J connectivity index is 3.17. The van der Waals surface area contributed by atoms with E-state index in [4.69, 9.17) is 0 Å². The summed E-state index contributed by atoms with van der Waals surface area (Å²) in [6, 6.07) is 3.09. The average Bonchev–Trinajstić information content (AvgIpc) is 2.15. The van der Waals surface area contributed by atoms with E-state index in [9.17, 15) is 17.6 Å². The highest BCUT2D eigenvalue weighted by molar-refractivity contribution is 9.09. The number of benzene rings is 1. The third-order valence-electron chi connectivity index (χ3n) is 2.10. The van der Waals surface area contributed by atoms with E-state index in [0.717, 1.165) is 12.1 Å². The van der Waals surface area contributed by atoms with Crippen LogP contribution in [0.1, 0.15) is 24.0 Å². The summed E-state index contributed by atoms with van der Waals surface area (Å²) in [5.74, 6) is -1.31. The van der Waals surface area contributed by atoms with Gasteiger partial charge in [-0.2, -0.15) is 13.2 Å². The maximum Gasteiger partial charge on any atom is 0.419 e. The molecule has 0 nitrogen and oxygen atoms in total. The standard InChI is InChI=1S/C10H9BrF4/c1-6(5-11)7-2-3-9(12)8(4-7)10(13,14)15/h2-4,6H,5H2,1H3. The number of hydrogen-bond donors (Lipinski definition) is 0.